The third-order valence-electron chi connectivity index (χ3n) is 2.71. The quantitative estimate of drug-likeness (QED) is 0.728. The lowest BCUT2D eigenvalue weighted by molar-refractivity contribution is 0.755. The summed E-state index contributed by atoms with van der Waals surface area (Å²) in [6, 6.07) is 9.66. The molecular formula is C12H11N7S. The Morgan fingerprint density at radius 3 is 2.75 bits per heavy atom. The van der Waals surface area contributed by atoms with E-state index in [1.165, 1.54) is 18.1 Å². The highest BCUT2D eigenvalue weighted by Crippen LogP contribution is 2.28. The fourth-order valence-corrected chi connectivity index (χ4v) is 2.45. The minimum atomic E-state index is 0.459. The average molecular weight is 285 g/mol. The molecule has 20 heavy (non-hydrogen) atoms. The molecule has 2 N–H and O–H groups in total. The number of hydrogen-bond acceptors (Lipinski definition) is 7. The Kier molecular flexibility index (Phi) is 3.30. The number of nitrogens with zero attached hydrogens (tertiary/aromatic N) is 6. The highest BCUT2D eigenvalue weighted by Gasteiger charge is 2.13. The Hall–Kier alpha value is -2.48. The lowest BCUT2D eigenvalue weighted by Crippen LogP contribution is -2.01. The second-order valence-corrected chi connectivity index (χ2v) is 4.96. The summed E-state index contributed by atoms with van der Waals surface area (Å²) in [5, 5.41) is 13.1. The zero-order chi connectivity index (χ0) is 13.9. The van der Waals surface area contributed by atoms with Gasteiger partial charge in [-0.25, -0.2) is 9.97 Å². The van der Waals surface area contributed by atoms with Gasteiger partial charge >= 0.3 is 0 Å². The van der Waals surface area contributed by atoms with Crippen molar-refractivity contribution in [2.45, 2.75) is 17.1 Å². The van der Waals surface area contributed by atoms with E-state index in [1.54, 1.807) is 4.68 Å². The van der Waals surface area contributed by atoms with Crippen LogP contribution in [-0.4, -0.2) is 30.2 Å². The van der Waals surface area contributed by atoms with Crippen molar-refractivity contribution in [1.29, 1.82) is 0 Å². The van der Waals surface area contributed by atoms with Gasteiger partial charge < -0.3 is 5.73 Å². The Bertz CT molecular complexity index is 726. The van der Waals surface area contributed by atoms with Crippen LogP contribution in [0.4, 0.5) is 5.82 Å². The van der Waals surface area contributed by atoms with E-state index >= 15 is 0 Å². The van der Waals surface area contributed by atoms with Crippen molar-refractivity contribution in [3.8, 4) is 5.69 Å². The lowest BCUT2D eigenvalue weighted by Gasteiger charge is -2.06. The average Bonchev–Trinajstić information content (AvgIpc) is 2.93. The SMILES string of the molecule is Cc1c(N)ncnc1Sc1nnnn1-c1ccccc1. The van der Waals surface area contributed by atoms with Crippen molar-refractivity contribution >= 4 is 17.6 Å². The van der Waals surface area contributed by atoms with Crippen molar-refractivity contribution in [2.24, 2.45) is 0 Å². The summed E-state index contributed by atoms with van der Waals surface area (Å²) in [7, 11) is 0. The van der Waals surface area contributed by atoms with E-state index in [0.717, 1.165) is 16.3 Å². The number of benzene rings is 1. The highest BCUT2D eigenvalue weighted by atomic mass is 32.2. The van der Waals surface area contributed by atoms with E-state index < -0.39 is 0 Å². The second kappa shape index (κ2) is 5.25. The van der Waals surface area contributed by atoms with Crippen LogP contribution in [-0.2, 0) is 0 Å². The third kappa shape index (κ3) is 2.32. The van der Waals surface area contributed by atoms with E-state index in [0.29, 0.717) is 11.0 Å². The van der Waals surface area contributed by atoms with Gasteiger partial charge in [-0.2, -0.15) is 4.68 Å². The summed E-state index contributed by atoms with van der Waals surface area (Å²) in [5.41, 5.74) is 7.48. The van der Waals surface area contributed by atoms with Crippen LogP contribution in [0.5, 0.6) is 0 Å². The summed E-state index contributed by atoms with van der Waals surface area (Å²) in [6.07, 6.45) is 1.43. The van der Waals surface area contributed by atoms with Crippen LogP contribution in [0.15, 0.2) is 46.8 Å². The summed E-state index contributed by atoms with van der Waals surface area (Å²) < 4.78 is 1.66. The van der Waals surface area contributed by atoms with Crippen LogP contribution in [0, 0.1) is 6.92 Å². The number of para-hydroxylation sites is 1. The maximum Gasteiger partial charge on any atom is 0.220 e. The zero-order valence-electron chi connectivity index (χ0n) is 10.6. The summed E-state index contributed by atoms with van der Waals surface area (Å²) in [5.74, 6) is 0.459. The number of anilines is 1. The van der Waals surface area contributed by atoms with Crippen LogP contribution in [0.3, 0.4) is 0 Å². The number of nitrogen functional groups attached to an aromatic ring is 1. The van der Waals surface area contributed by atoms with Gasteiger partial charge in [-0.1, -0.05) is 18.2 Å². The number of hydrogen-bond donors (Lipinski definition) is 1. The standard InChI is InChI=1S/C12H11N7S/c1-8-10(13)14-7-15-11(8)20-12-16-17-18-19(12)9-5-3-2-4-6-9/h2-7H,1H3,(H2,13,14,15). The zero-order valence-corrected chi connectivity index (χ0v) is 11.4. The smallest absolute Gasteiger partial charge is 0.220 e. The molecule has 3 rings (SSSR count). The molecular weight excluding hydrogens is 274 g/mol. The van der Waals surface area contributed by atoms with Gasteiger partial charge in [0.25, 0.3) is 0 Å². The molecule has 0 atom stereocenters. The molecule has 0 saturated carbocycles. The fourth-order valence-electron chi connectivity index (χ4n) is 1.61. The molecule has 100 valence electrons. The first-order chi connectivity index (χ1) is 9.75. The van der Waals surface area contributed by atoms with Crippen molar-refractivity contribution in [3.63, 3.8) is 0 Å². The van der Waals surface area contributed by atoms with Gasteiger partial charge in [-0.3, -0.25) is 0 Å². The molecule has 0 radical (unpaired) electrons. The molecule has 0 aliphatic rings. The summed E-state index contributed by atoms with van der Waals surface area (Å²) >= 11 is 1.35. The molecule has 0 spiro atoms. The molecule has 0 unspecified atom stereocenters. The van der Waals surface area contributed by atoms with Gasteiger partial charge in [-0.05, 0) is 41.2 Å². The van der Waals surface area contributed by atoms with Crippen LogP contribution in [0.25, 0.3) is 5.69 Å². The summed E-state index contributed by atoms with van der Waals surface area (Å²) in [6.45, 7) is 1.87. The maximum atomic E-state index is 5.78. The number of aromatic nitrogens is 6. The molecule has 0 amide bonds. The molecule has 0 aliphatic heterocycles. The molecule has 8 heteroatoms. The van der Waals surface area contributed by atoms with Crippen LogP contribution >= 0.6 is 11.8 Å². The largest absolute Gasteiger partial charge is 0.383 e. The van der Waals surface area contributed by atoms with Crippen LogP contribution in [0.1, 0.15) is 5.56 Å². The topological polar surface area (TPSA) is 95.4 Å². The van der Waals surface area contributed by atoms with Crippen molar-refractivity contribution in [3.05, 3.63) is 42.2 Å². The number of nitrogens with two attached hydrogens (primary N) is 1. The predicted molar refractivity (Wildman–Crippen MR) is 74.5 cm³/mol. The van der Waals surface area contributed by atoms with Gasteiger partial charge in [0.05, 0.1) is 5.69 Å². The van der Waals surface area contributed by atoms with Crippen molar-refractivity contribution in [1.82, 2.24) is 30.2 Å². The fraction of sp³-hybridized carbons (Fsp3) is 0.0833. The van der Waals surface area contributed by atoms with Gasteiger partial charge in [0.15, 0.2) is 0 Å². The first-order valence-electron chi connectivity index (χ1n) is 5.84. The molecule has 3 aromatic rings. The minimum absolute atomic E-state index is 0.459. The van der Waals surface area contributed by atoms with Gasteiger partial charge in [0.2, 0.25) is 5.16 Å². The Balaban J connectivity index is 1.97. The van der Waals surface area contributed by atoms with Gasteiger partial charge in [-0.15, -0.1) is 5.10 Å². The molecule has 0 aliphatic carbocycles. The second-order valence-electron chi connectivity index (χ2n) is 4.00. The van der Waals surface area contributed by atoms with Crippen LogP contribution in [0.2, 0.25) is 0 Å². The predicted octanol–water partition coefficient (Wildman–Crippen LogP) is 1.49. The minimum Gasteiger partial charge on any atom is -0.383 e. The lowest BCUT2D eigenvalue weighted by atomic mass is 10.3. The van der Waals surface area contributed by atoms with Crippen molar-refractivity contribution < 1.29 is 0 Å². The molecule has 7 nitrogen and oxygen atoms in total. The number of rotatable bonds is 3. The highest BCUT2D eigenvalue weighted by molar-refractivity contribution is 7.99. The van der Waals surface area contributed by atoms with E-state index in [-0.39, 0.29) is 0 Å². The monoisotopic (exact) mass is 285 g/mol. The molecule has 2 heterocycles. The van der Waals surface area contributed by atoms with E-state index in [9.17, 15) is 0 Å². The molecule has 1 aromatic carbocycles. The van der Waals surface area contributed by atoms with E-state index in [4.69, 9.17) is 5.73 Å². The third-order valence-corrected chi connectivity index (χ3v) is 3.75. The first-order valence-corrected chi connectivity index (χ1v) is 6.66. The Labute approximate surface area is 119 Å². The van der Waals surface area contributed by atoms with E-state index in [2.05, 4.69) is 25.5 Å². The van der Waals surface area contributed by atoms with Crippen LogP contribution < -0.4 is 5.73 Å². The van der Waals surface area contributed by atoms with Crippen molar-refractivity contribution in [2.75, 3.05) is 5.73 Å². The summed E-state index contributed by atoms with van der Waals surface area (Å²) in [4.78, 5) is 8.16. The number of tetrazole rings is 1. The molecule has 0 fully saturated rings. The van der Waals surface area contributed by atoms with Gasteiger partial charge in [0, 0.05) is 5.56 Å². The normalized spacial score (nSPS) is 10.7. The van der Waals surface area contributed by atoms with Gasteiger partial charge in [0.1, 0.15) is 17.2 Å². The molecule has 2 aromatic heterocycles. The molecule has 0 saturated heterocycles. The molecule has 0 bridgehead atoms. The first kappa shape index (κ1) is 12.5. The Morgan fingerprint density at radius 2 is 1.95 bits per heavy atom. The maximum absolute atomic E-state index is 5.78. The Morgan fingerprint density at radius 1 is 1.15 bits per heavy atom. The van der Waals surface area contributed by atoms with E-state index in [1.807, 2.05) is 37.3 Å².